The van der Waals surface area contributed by atoms with Gasteiger partial charge in [-0.25, -0.2) is 13.1 Å². The van der Waals surface area contributed by atoms with Gasteiger partial charge in [-0.15, -0.1) is 0 Å². The van der Waals surface area contributed by atoms with Gasteiger partial charge in [0.25, 0.3) is 0 Å². The van der Waals surface area contributed by atoms with Gasteiger partial charge in [-0.05, 0) is 5.92 Å². The normalized spacial score (nSPS) is 14.1. The van der Waals surface area contributed by atoms with Gasteiger partial charge < -0.3 is 10.2 Å². The minimum Gasteiger partial charge on any atom is -0.481 e. The number of hydrogen-bond acceptors (Lipinski definition) is 4. The number of aliphatic hydroxyl groups is 1. The third-order valence-corrected chi connectivity index (χ3v) is 3.32. The van der Waals surface area contributed by atoms with Crippen LogP contribution in [0.1, 0.15) is 20.3 Å². The molecular formula is C8H17NO5S. The SMILES string of the molecule is CC(C)[C@@H](CO)NS(=O)(=O)CCC(=O)O. The van der Waals surface area contributed by atoms with Crippen LogP contribution < -0.4 is 4.72 Å². The van der Waals surface area contributed by atoms with Gasteiger partial charge in [-0.3, -0.25) is 4.79 Å². The molecule has 1 atom stereocenters. The van der Waals surface area contributed by atoms with Crippen LogP contribution in [0.4, 0.5) is 0 Å². The number of carboxylic acids is 1. The van der Waals surface area contributed by atoms with E-state index >= 15 is 0 Å². The number of carbonyl (C=O) groups is 1. The highest BCUT2D eigenvalue weighted by molar-refractivity contribution is 7.89. The Kier molecular flexibility index (Phi) is 5.77. The molecule has 0 amide bonds. The molecule has 6 nitrogen and oxygen atoms in total. The third-order valence-electron chi connectivity index (χ3n) is 1.92. The van der Waals surface area contributed by atoms with Crippen LogP contribution in [0.25, 0.3) is 0 Å². The van der Waals surface area contributed by atoms with Crippen molar-refractivity contribution in [2.24, 2.45) is 5.92 Å². The average molecular weight is 239 g/mol. The monoisotopic (exact) mass is 239 g/mol. The first kappa shape index (κ1) is 14.3. The molecule has 0 fully saturated rings. The highest BCUT2D eigenvalue weighted by atomic mass is 32.2. The fourth-order valence-corrected chi connectivity index (χ4v) is 2.26. The summed E-state index contributed by atoms with van der Waals surface area (Å²) in [5, 5.41) is 17.2. The summed E-state index contributed by atoms with van der Waals surface area (Å²) in [5.41, 5.74) is 0. The van der Waals surface area contributed by atoms with Crippen molar-refractivity contribution in [1.29, 1.82) is 0 Å². The maximum atomic E-state index is 11.3. The highest BCUT2D eigenvalue weighted by Gasteiger charge is 2.20. The zero-order valence-corrected chi connectivity index (χ0v) is 9.62. The Balaban J connectivity index is 4.29. The molecule has 0 saturated heterocycles. The Morgan fingerprint density at radius 1 is 1.40 bits per heavy atom. The van der Waals surface area contributed by atoms with Crippen molar-refractivity contribution in [2.45, 2.75) is 26.3 Å². The molecule has 0 saturated carbocycles. The zero-order chi connectivity index (χ0) is 12.1. The van der Waals surface area contributed by atoms with Crippen LogP contribution in [0, 0.1) is 5.92 Å². The lowest BCUT2D eigenvalue weighted by Gasteiger charge is -2.19. The van der Waals surface area contributed by atoms with Crippen molar-refractivity contribution in [2.75, 3.05) is 12.4 Å². The Bertz CT molecular complexity index is 298. The molecule has 90 valence electrons. The van der Waals surface area contributed by atoms with E-state index < -0.39 is 34.2 Å². The van der Waals surface area contributed by atoms with Gasteiger partial charge in [0.05, 0.1) is 18.8 Å². The van der Waals surface area contributed by atoms with Gasteiger partial charge in [0.2, 0.25) is 10.0 Å². The number of aliphatic carboxylic acids is 1. The molecule has 0 aromatic carbocycles. The number of sulfonamides is 1. The first-order valence-electron chi connectivity index (χ1n) is 4.61. The van der Waals surface area contributed by atoms with Gasteiger partial charge in [0.1, 0.15) is 0 Å². The van der Waals surface area contributed by atoms with Crippen LogP contribution in [0.2, 0.25) is 0 Å². The molecule has 0 aliphatic heterocycles. The Hall–Kier alpha value is -0.660. The lowest BCUT2D eigenvalue weighted by molar-refractivity contribution is -0.136. The molecule has 0 heterocycles. The lowest BCUT2D eigenvalue weighted by Crippen LogP contribution is -2.42. The van der Waals surface area contributed by atoms with Crippen LogP contribution in [-0.4, -0.2) is 43.0 Å². The molecule has 0 aliphatic carbocycles. The summed E-state index contributed by atoms with van der Waals surface area (Å²) in [6, 6.07) is -0.566. The fraction of sp³-hybridized carbons (Fsp3) is 0.875. The van der Waals surface area contributed by atoms with Gasteiger partial charge in [0.15, 0.2) is 0 Å². The first-order chi connectivity index (χ1) is 6.78. The van der Waals surface area contributed by atoms with Crippen LogP contribution in [-0.2, 0) is 14.8 Å². The van der Waals surface area contributed by atoms with Crippen LogP contribution >= 0.6 is 0 Å². The van der Waals surface area contributed by atoms with Crippen LogP contribution in [0.15, 0.2) is 0 Å². The highest BCUT2D eigenvalue weighted by Crippen LogP contribution is 2.03. The average Bonchev–Trinajstić information content (AvgIpc) is 2.11. The van der Waals surface area contributed by atoms with Crippen molar-refractivity contribution < 1.29 is 23.4 Å². The van der Waals surface area contributed by atoms with E-state index in [2.05, 4.69) is 4.72 Å². The quantitative estimate of drug-likeness (QED) is 0.550. The van der Waals surface area contributed by atoms with E-state index in [4.69, 9.17) is 10.2 Å². The first-order valence-corrected chi connectivity index (χ1v) is 6.26. The number of carboxylic acid groups (broad SMARTS) is 1. The minimum absolute atomic E-state index is 0.0467. The Morgan fingerprint density at radius 2 is 1.93 bits per heavy atom. The summed E-state index contributed by atoms with van der Waals surface area (Å²) in [6.45, 7) is 3.23. The molecule has 0 unspecified atom stereocenters. The summed E-state index contributed by atoms with van der Waals surface area (Å²) in [4.78, 5) is 10.2. The minimum atomic E-state index is -3.62. The van der Waals surface area contributed by atoms with Crippen molar-refractivity contribution in [3.63, 3.8) is 0 Å². The maximum Gasteiger partial charge on any atom is 0.304 e. The van der Waals surface area contributed by atoms with E-state index in [1.807, 2.05) is 0 Å². The Labute approximate surface area is 89.4 Å². The lowest BCUT2D eigenvalue weighted by atomic mass is 10.1. The number of aliphatic hydroxyl groups excluding tert-OH is 1. The number of nitrogens with one attached hydrogen (secondary N) is 1. The molecule has 0 radical (unpaired) electrons. The van der Waals surface area contributed by atoms with Crippen LogP contribution in [0.3, 0.4) is 0 Å². The van der Waals surface area contributed by atoms with Crippen LogP contribution in [0.5, 0.6) is 0 Å². The summed E-state index contributed by atoms with van der Waals surface area (Å²) in [7, 11) is -3.62. The van der Waals surface area contributed by atoms with Gasteiger partial charge >= 0.3 is 5.97 Å². The van der Waals surface area contributed by atoms with E-state index in [1.54, 1.807) is 13.8 Å². The standard InChI is InChI=1S/C8H17NO5S/c1-6(2)7(5-10)9-15(13,14)4-3-8(11)12/h6-7,9-10H,3-5H2,1-2H3,(H,11,12)/t7-/m1/s1. The molecule has 0 bridgehead atoms. The summed E-state index contributed by atoms with van der Waals surface area (Å²) < 4.78 is 24.9. The van der Waals surface area contributed by atoms with Crippen molar-refractivity contribution in [3.05, 3.63) is 0 Å². The van der Waals surface area contributed by atoms with E-state index in [0.29, 0.717) is 0 Å². The van der Waals surface area contributed by atoms with E-state index in [-0.39, 0.29) is 12.5 Å². The molecule has 0 aromatic heterocycles. The predicted molar refractivity (Wildman–Crippen MR) is 54.9 cm³/mol. The zero-order valence-electron chi connectivity index (χ0n) is 8.80. The number of hydrogen-bond donors (Lipinski definition) is 3. The second kappa shape index (κ2) is 6.04. The van der Waals surface area contributed by atoms with Crippen molar-refractivity contribution >= 4 is 16.0 Å². The maximum absolute atomic E-state index is 11.3. The van der Waals surface area contributed by atoms with E-state index in [1.165, 1.54) is 0 Å². The molecule has 0 aliphatic rings. The molecule has 0 rings (SSSR count). The summed E-state index contributed by atoms with van der Waals surface area (Å²) >= 11 is 0. The largest absolute Gasteiger partial charge is 0.481 e. The second-order valence-electron chi connectivity index (χ2n) is 3.61. The molecular weight excluding hydrogens is 222 g/mol. The van der Waals surface area contributed by atoms with Crippen molar-refractivity contribution in [3.8, 4) is 0 Å². The van der Waals surface area contributed by atoms with Gasteiger partial charge in [0, 0.05) is 6.04 Å². The van der Waals surface area contributed by atoms with E-state index in [0.717, 1.165) is 0 Å². The van der Waals surface area contributed by atoms with Gasteiger partial charge in [-0.2, -0.15) is 0 Å². The van der Waals surface area contributed by atoms with Crippen molar-refractivity contribution in [1.82, 2.24) is 4.72 Å². The van der Waals surface area contributed by atoms with Gasteiger partial charge in [-0.1, -0.05) is 13.8 Å². The smallest absolute Gasteiger partial charge is 0.304 e. The fourth-order valence-electron chi connectivity index (χ4n) is 0.895. The predicted octanol–water partition coefficient (Wildman–Crippen LogP) is -0.603. The van der Waals surface area contributed by atoms with E-state index in [9.17, 15) is 13.2 Å². The topological polar surface area (TPSA) is 104 Å². The Morgan fingerprint density at radius 3 is 2.27 bits per heavy atom. The molecule has 0 spiro atoms. The molecule has 7 heteroatoms. The summed E-state index contributed by atoms with van der Waals surface area (Å²) in [6.07, 6.45) is -0.439. The molecule has 15 heavy (non-hydrogen) atoms. The number of rotatable bonds is 7. The summed E-state index contributed by atoms with van der Waals surface area (Å²) in [5.74, 6) is -1.67. The molecule has 3 N–H and O–H groups in total. The second-order valence-corrected chi connectivity index (χ2v) is 5.49. The molecule has 0 aromatic rings. The third kappa shape index (κ3) is 6.43.